The lowest BCUT2D eigenvalue weighted by molar-refractivity contribution is -0.129. The van der Waals surface area contributed by atoms with E-state index in [9.17, 15) is 28.8 Å². The Balaban J connectivity index is 0.000000162. The number of likely N-dealkylation sites (tertiary alicyclic amines) is 2. The smallest absolute Gasteiger partial charge is 0.371 e. The average Bonchev–Trinajstić information content (AvgIpc) is 1.13. The molecule has 0 bridgehead atoms. The molecule has 2 atom stereocenters. The lowest BCUT2D eigenvalue weighted by atomic mass is 9.97. The van der Waals surface area contributed by atoms with Gasteiger partial charge in [-0.15, -0.1) is 17.5 Å². The Morgan fingerprint density at radius 3 is 1.50 bits per heavy atom. The molecule has 0 unspecified atom stereocenters. The number of aromatic nitrogens is 3. The Morgan fingerprint density at radius 2 is 1.00 bits per heavy atom. The van der Waals surface area contributed by atoms with Gasteiger partial charge in [-0.3, -0.25) is 24.0 Å². The lowest BCUT2D eigenvalue weighted by Crippen LogP contribution is -2.37. The highest BCUT2D eigenvalue weighted by atomic mass is 35.5. The number of anilines is 2. The van der Waals surface area contributed by atoms with Gasteiger partial charge < -0.3 is 49.8 Å². The van der Waals surface area contributed by atoms with E-state index < -0.39 is 11.9 Å². The molecule has 4 fully saturated rings. The van der Waals surface area contributed by atoms with Crippen LogP contribution < -0.4 is 31.7 Å². The zero-order chi connectivity index (χ0) is 67.8. The van der Waals surface area contributed by atoms with Gasteiger partial charge >= 0.3 is 5.97 Å². The van der Waals surface area contributed by atoms with Crippen molar-refractivity contribution in [2.24, 2.45) is 5.73 Å². The van der Waals surface area contributed by atoms with Crippen LogP contribution in [0.5, 0.6) is 0 Å². The standard InChI is InChI=1S/C35H34ClN3O4.C25H30ClN3O.C10H6O4.C6H5N3O.ClH/c36-27-13-11-24(12-14-27)20-28(37-35(42)33-22-31(40)29-7-2-4-9-32(29)43-33)21-25-15-18-38(19-16-25)30-8-3-1-6-26(30)23-39-17-5-10-34(39)41;26-22-9-7-19(8-10-22)16-23(27)17-20-11-14-28(15-12-20)24-5-2-1-4-21(24)18-29-13-3-6-25(29)30;11-7-5-9(10(12)13)14-8-4-2-1-3-6(7)8;10-9-6-4-2-1-3-5(6)7-8-9;/h1-4,6-9,11-14,21-22,28H,5,10,15-20,23H2,(H,37,42);1-2,4-5,7-10,17,23H,3,6,11-16,18,27H2;1-5H,(H,12,13);1-4,10H;1H/t28-;23-;;;/m00.../s1. The van der Waals surface area contributed by atoms with Crippen LogP contribution >= 0.6 is 35.6 Å². The van der Waals surface area contributed by atoms with E-state index in [4.69, 9.17) is 48.1 Å². The van der Waals surface area contributed by atoms with Crippen LogP contribution in [0.1, 0.15) is 94.7 Å². The second kappa shape index (κ2) is 33.8. The highest BCUT2D eigenvalue weighted by Gasteiger charge is 2.26. The topological polar surface area (TPSA) is 251 Å². The minimum atomic E-state index is -1.24. The SMILES string of the molecule is Cl.N[C@H](C=C1CCN(c2ccccc2CN2CCCC2=O)CC1)Cc1ccc(Cl)cc1.O=C(N[C@H](C=C1CCN(c2ccccc2CN2CCCC2=O)CC1)Cc1ccc(Cl)cc1)c1cc(=O)c2ccccc2o1.O=C(O)c1cc(=O)c2ccccc2o1.On1nnc2ccccc21. The Hall–Kier alpha value is -10.1. The Labute approximate surface area is 582 Å². The van der Waals surface area contributed by atoms with Crippen molar-refractivity contribution < 1.29 is 38.3 Å². The lowest BCUT2D eigenvalue weighted by Gasteiger charge is -2.33. The zero-order valence-corrected chi connectivity index (χ0v) is 56.2. The fourth-order valence-electron chi connectivity index (χ4n) is 12.5. The van der Waals surface area contributed by atoms with Crippen molar-refractivity contribution in [3.63, 3.8) is 0 Å². The molecular formula is C76H76Cl3N9O10. The van der Waals surface area contributed by atoms with Crippen molar-refractivity contribution >= 4 is 104 Å². The summed E-state index contributed by atoms with van der Waals surface area (Å²) in [6, 6.07) is 55.0. The number of fused-ring (bicyclic) bond motifs is 3. The predicted molar refractivity (Wildman–Crippen MR) is 385 cm³/mol. The fraction of sp³-hybridized carbons (Fsp3) is 0.263. The maximum absolute atomic E-state index is 13.3. The molecule has 0 radical (unpaired) electrons. The van der Waals surface area contributed by atoms with Gasteiger partial charge in [-0.25, -0.2) is 4.79 Å². The summed E-state index contributed by atoms with van der Waals surface area (Å²) in [4.78, 5) is 81.8. The van der Waals surface area contributed by atoms with E-state index in [2.05, 4.69) is 80.0 Å². The number of para-hydroxylation sites is 5. The van der Waals surface area contributed by atoms with Crippen molar-refractivity contribution in [1.29, 1.82) is 0 Å². The van der Waals surface area contributed by atoms with Crippen LogP contribution in [0.3, 0.4) is 0 Å². The van der Waals surface area contributed by atoms with E-state index in [0.29, 0.717) is 58.2 Å². The maximum Gasteiger partial charge on any atom is 0.371 e. The number of piperidine rings is 2. The molecule has 98 heavy (non-hydrogen) atoms. The van der Waals surface area contributed by atoms with E-state index in [1.165, 1.54) is 45.3 Å². The van der Waals surface area contributed by atoms with Crippen LogP contribution in [0.25, 0.3) is 33.0 Å². The number of carbonyl (C=O) groups is 4. The molecule has 4 saturated heterocycles. The van der Waals surface area contributed by atoms with Gasteiger partial charge in [0.25, 0.3) is 5.91 Å². The number of nitrogens with one attached hydrogen (secondary N) is 1. The molecule has 0 saturated carbocycles. The number of benzene rings is 7. The number of amides is 3. The second-order valence-corrected chi connectivity index (χ2v) is 25.2. The molecule has 0 spiro atoms. The molecule has 7 heterocycles. The summed E-state index contributed by atoms with van der Waals surface area (Å²) in [5, 5.41) is 30.0. The molecule has 506 valence electrons. The van der Waals surface area contributed by atoms with E-state index in [0.717, 1.165) is 112 Å². The minimum Gasteiger partial charge on any atom is -0.475 e. The van der Waals surface area contributed by atoms with Crippen LogP contribution in [0.4, 0.5) is 11.4 Å². The number of hydrogen-bond acceptors (Lipinski definition) is 14. The van der Waals surface area contributed by atoms with E-state index in [-0.39, 0.29) is 64.3 Å². The number of hydrogen-bond donors (Lipinski definition) is 4. The Kier molecular flexibility index (Phi) is 24.4. The first-order chi connectivity index (χ1) is 47.1. The molecule has 22 heteroatoms. The first-order valence-corrected chi connectivity index (χ1v) is 33.3. The molecular weight excluding hydrogens is 1310 g/mol. The van der Waals surface area contributed by atoms with Crippen LogP contribution in [0.15, 0.2) is 224 Å². The largest absolute Gasteiger partial charge is 0.475 e. The number of carboxylic acids is 1. The maximum atomic E-state index is 13.3. The van der Waals surface area contributed by atoms with Crippen molar-refractivity contribution in [3.05, 3.63) is 270 Å². The summed E-state index contributed by atoms with van der Waals surface area (Å²) in [7, 11) is 0. The van der Waals surface area contributed by atoms with Crippen LogP contribution in [0, 0.1) is 0 Å². The van der Waals surface area contributed by atoms with Gasteiger partial charge in [-0.1, -0.05) is 148 Å². The van der Waals surface area contributed by atoms with Crippen molar-refractivity contribution in [2.45, 2.75) is 89.4 Å². The monoisotopic (exact) mass is 1380 g/mol. The third kappa shape index (κ3) is 18.7. The predicted octanol–water partition coefficient (Wildman–Crippen LogP) is 13.3. The number of rotatable bonds is 15. The zero-order valence-electron chi connectivity index (χ0n) is 53.9. The van der Waals surface area contributed by atoms with Gasteiger partial charge in [0.2, 0.25) is 17.6 Å². The third-order valence-corrected chi connectivity index (χ3v) is 18.0. The molecule has 14 rings (SSSR count). The van der Waals surface area contributed by atoms with Crippen molar-refractivity contribution in [1.82, 2.24) is 30.3 Å². The number of aromatic carboxylic acids is 1. The molecule has 3 amide bonds. The number of nitrogens with two attached hydrogens (primary N) is 1. The van der Waals surface area contributed by atoms with E-state index in [1.54, 1.807) is 60.7 Å². The van der Waals surface area contributed by atoms with Gasteiger partial charge in [0, 0.05) is 105 Å². The van der Waals surface area contributed by atoms with Gasteiger partial charge in [0.05, 0.1) is 16.8 Å². The molecule has 10 aromatic rings. The first-order valence-electron chi connectivity index (χ1n) is 32.5. The minimum absolute atomic E-state index is 0. The van der Waals surface area contributed by atoms with E-state index >= 15 is 0 Å². The van der Waals surface area contributed by atoms with Crippen LogP contribution in [-0.4, -0.2) is 110 Å². The van der Waals surface area contributed by atoms with Crippen LogP contribution in [0.2, 0.25) is 10.0 Å². The highest BCUT2D eigenvalue weighted by molar-refractivity contribution is 6.30. The summed E-state index contributed by atoms with van der Waals surface area (Å²) in [5.41, 5.74) is 17.6. The summed E-state index contributed by atoms with van der Waals surface area (Å²) in [5.74, 6) is -1.51. The molecule has 19 nitrogen and oxygen atoms in total. The summed E-state index contributed by atoms with van der Waals surface area (Å²) >= 11 is 12.1. The van der Waals surface area contributed by atoms with Gasteiger partial charge in [0.1, 0.15) is 22.2 Å². The Morgan fingerprint density at radius 1 is 0.551 bits per heavy atom. The van der Waals surface area contributed by atoms with E-state index in [1.807, 2.05) is 76.5 Å². The molecule has 3 aromatic heterocycles. The normalized spacial score (nSPS) is 15.1. The summed E-state index contributed by atoms with van der Waals surface area (Å²) in [6.07, 6.45) is 12.8. The number of carbonyl (C=O) groups excluding carboxylic acids is 3. The van der Waals surface area contributed by atoms with Crippen molar-refractivity contribution in [3.8, 4) is 0 Å². The molecule has 4 aliphatic heterocycles. The Bertz CT molecular complexity index is 4610. The van der Waals surface area contributed by atoms with Gasteiger partial charge in [-0.2, -0.15) is 0 Å². The first kappa shape index (κ1) is 70.7. The van der Waals surface area contributed by atoms with Gasteiger partial charge in [-0.05, 0) is 152 Å². The molecule has 7 aromatic carbocycles. The average molecular weight is 1380 g/mol. The van der Waals surface area contributed by atoms with Gasteiger partial charge in [0.15, 0.2) is 16.6 Å². The third-order valence-electron chi connectivity index (χ3n) is 17.5. The quantitative estimate of drug-likeness (QED) is 0.0550. The van der Waals surface area contributed by atoms with Crippen LogP contribution in [-0.2, 0) is 35.5 Å². The fourth-order valence-corrected chi connectivity index (χ4v) is 12.8. The second-order valence-electron chi connectivity index (χ2n) is 24.3. The summed E-state index contributed by atoms with van der Waals surface area (Å²) in [6.45, 7) is 6.74. The summed E-state index contributed by atoms with van der Waals surface area (Å²) < 4.78 is 10.8. The van der Waals surface area contributed by atoms with Crippen molar-refractivity contribution in [2.75, 3.05) is 49.1 Å². The molecule has 5 N–H and O–H groups in total. The number of nitrogens with zero attached hydrogens (tertiary/aromatic N) is 7. The molecule has 4 aliphatic rings. The highest BCUT2D eigenvalue weighted by Crippen LogP contribution is 2.31. The number of halogens is 3. The number of carboxylic acid groups (broad SMARTS) is 1. The molecule has 0 aliphatic carbocycles.